The van der Waals surface area contributed by atoms with Gasteiger partial charge in [0, 0.05) is 18.7 Å². The van der Waals surface area contributed by atoms with E-state index < -0.39 is 0 Å². The molecule has 0 spiro atoms. The lowest BCUT2D eigenvalue weighted by atomic mass is 10.0. The second-order valence-electron chi connectivity index (χ2n) is 6.83. The number of imidazole rings is 1. The van der Waals surface area contributed by atoms with E-state index in [0.29, 0.717) is 11.8 Å². The molecule has 0 saturated heterocycles. The number of aryl methyl sites for hydroxylation is 1. The second-order valence-corrected chi connectivity index (χ2v) is 6.83. The van der Waals surface area contributed by atoms with E-state index in [1.165, 1.54) is 62.9 Å². The molecule has 0 aliphatic rings. The molecule has 0 radical (unpaired) electrons. The molecular weight excluding hydrogens is 256 g/mol. The van der Waals surface area contributed by atoms with E-state index in [1.807, 2.05) is 0 Å². The minimum Gasteiger partial charge on any atom is -0.334 e. The maximum atomic E-state index is 4.94. The molecule has 21 heavy (non-hydrogen) atoms. The third kappa shape index (κ3) is 6.23. The van der Waals surface area contributed by atoms with Gasteiger partial charge in [0.15, 0.2) is 0 Å². The van der Waals surface area contributed by atoms with Gasteiger partial charge in [-0.05, 0) is 18.8 Å². The Morgan fingerprint density at radius 2 is 1.62 bits per heavy atom. The number of rotatable bonds is 11. The van der Waals surface area contributed by atoms with Gasteiger partial charge < -0.3 is 4.57 Å². The molecule has 0 bridgehead atoms. The zero-order valence-corrected chi connectivity index (χ0v) is 15.0. The highest BCUT2D eigenvalue weighted by Gasteiger charge is 2.15. The highest BCUT2D eigenvalue weighted by Crippen LogP contribution is 2.24. The third-order valence-corrected chi connectivity index (χ3v) is 4.35. The maximum absolute atomic E-state index is 4.94. The van der Waals surface area contributed by atoms with Gasteiger partial charge in [-0.2, -0.15) is 0 Å². The third-order valence-electron chi connectivity index (χ3n) is 4.35. The van der Waals surface area contributed by atoms with Crippen molar-refractivity contribution in [3.8, 4) is 0 Å². The fourth-order valence-corrected chi connectivity index (χ4v) is 2.83. The van der Waals surface area contributed by atoms with E-state index in [2.05, 4.69) is 45.4 Å². The Balaban J connectivity index is 2.65. The standard InChI is InChI=1S/C19H36N2/c1-6-8-10-11-12-14-21-15-18(16(3)4)20-19(21)17(5)13-9-7-2/h15-17H,6-14H2,1-5H3. The van der Waals surface area contributed by atoms with Crippen molar-refractivity contribution in [2.75, 3.05) is 0 Å². The van der Waals surface area contributed by atoms with Crippen LogP contribution in [0.4, 0.5) is 0 Å². The first-order valence-electron chi connectivity index (χ1n) is 9.17. The van der Waals surface area contributed by atoms with Gasteiger partial charge in [0.05, 0.1) is 5.69 Å². The molecule has 1 aromatic rings. The number of unbranched alkanes of at least 4 members (excludes halogenated alkanes) is 5. The molecule has 1 atom stereocenters. The molecule has 1 rings (SSSR count). The van der Waals surface area contributed by atoms with Crippen molar-refractivity contribution < 1.29 is 0 Å². The lowest BCUT2D eigenvalue weighted by Crippen LogP contribution is -2.07. The zero-order chi connectivity index (χ0) is 15.7. The van der Waals surface area contributed by atoms with Crippen LogP contribution < -0.4 is 0 Å². The number of hydrogen-bond donors (Lipinski definition) is 0. The van der Waals surface area contributed by atoms with Gasteiger partial charge in [0.1, 0.15) is 5.82 Å². The summed E-state index contributed by atoms with van der Waals surface area (Å²) in [5, 5.41) is 0. The fourth-order valence-electron chi connectivity index (χ4n) is 2.83. The minimum absolute atomic E-state index is 0.531. The topological polar surface area (TPSA) is 17.8 Å². The molecule has 0 fully saturated rings. The van der Waals surface area contributed by atoms with Crippen LogP contribution in [0.3, 0.4) is 0 Å². The summed E-state index contributed by atoms with van der Waals surface area (Å²) in [6.45, 7) is 12.5. The molecular formula is C19H36N2. The zero-order valence-electron chi connectivity index (χ0n) is 15.0. The van der Waals surface area contributed by atoms with Gasteiger partial charge in [-0.1, -0.05) is 73.1 Å². The van der Waals surface area contributed by atoms with E-state index in [0.717, 1.165) is 6.54 Å². The Morgan fingerprint density at radius 1 is 0.952 bits per heavy atom. The Bertz CT molecular complexity index is 379. The van der Waals surface area contributed by atoms with E-state index in [-0.39, 0.29) is 0 Å². The van der Waals surface area contributed by atoms with Gasteiger partial charge >= 0.3 is 0 Å². The summed E-state index contributed by atoms with van der Waals surface area (Å²) >= 11 is 0. The summed E-state index contributed by atoms with van der Waals surface area (Å²) in [6, 6.07) is 0. The van der Waals surface area contributed by atoms with Crippen LogP contribution in [0.25, 0.3) is 0 Å². The highest BCUT2D eigenvalue weighted by molar-refractivity contribution is 5.11. The Hall–Kier alpha value is -0.790. The molecule has 122 valence electrons. The van der Waals surface area contributed by atoms with E-state index in [4.69, 9.17) is 4.98 Å². The summed E-state index contributed by atoms with van der Waals surface area (Å²) in [7, 11) is 0. The van der Waals surface area contributed by atoms with Gasteiger partial charge in [-0.15, -0.1) is 0 Å². The van der Waals surface area contributed by atoms with Crippen LogP contribution in [-0.2, 0) is 6.54 Å². The van der Waals surface area contributed by atoms with Crippen LogP contribution in [0.1, 0.15) is 109 Å². The van der Waals surface area contributed by atoms with E-state index in [1.54, 1.807) is 0 Å². The summed E-state index contributed by atoms with van der Waals surface area (Å²) < 4.78 is 2.45. The summed E-state index contributed by atoms with van der Waals surface area (Å²) in [6.07, 6.45) is 12.9. The Morgan fingerprint density at radius 3 is 2.24 bits per heavy atom. The van der Waals surface area contributed by atoms with Gasteiger partial charge in [0.2, 0.25) is 0 Å². The van der Waals surface area contributed by atoms with Crippen LogP contribution in [0.2, 0.25) is 0 Å². The molecule has 0 N–H and O–H groups in total. The van der Waals surface area contributed by atoms with Crippen LogP contribution >= 0.6 is 0 Å². The average Bonchev–Trinajstić information content (AvgIpc) is 2.89. The summed E-state index contributed by atoms with van der Waals surface area (Å²) in [5.74, 6) is 2.44. The van der Waals surface area contributed by atoms with Crippen LogP contribution in [-0.4, -0.2) is 9.55 Å². The lowest BCUT2D eigenvalue weighted by molar-refractivity contribution is 0.518. The smallest absolute Gasteiger partial charge is 0.111 e. The SMILES string of the molecule is CCCCCCCn1cc(C(C)C)nc1C(C)CCCC. The lowest BCUT2D eigenvalue weighted by Gasteiger charge is -2.13. The fraction of sp³-hybridized carbons (Fsp3) is 0.842. The van der Waals surface area contributed by atoms with Crippen LogP contribution in [0.15, 0.2) is 6.20 Å². The Labute approximate surface area is 132 Å². The first kappa shape index (κ1) is 18.3. The van der Waals surface area contributed by atoms with Crippen molar-refractivity contribution in [2.45, 2.75) is 104 Å². The van der Waals surface area contributed by atoms with Crippen LogP contribution in [0.5, 0.6) is 0 Å². The van der Waals surface area contributed by atoms with Crippen molar-refractivity contribution in [1.82, 2.24) is 9.55 Å². The maximum Gasteiger partial charge on any atom is 0.111 e. The minimum atomic E-state index is 0.531. The molecule has 0 aliphatic heterocycles. The monoisotopic (exact) mass is 292 g/mol. The first-order chi connectivity index (χ1) is 10.1. The summed E-state index contributed by atoms with van der Waals surface area (Å²) in [4.78, 5) is 4.94. The van der Waals surface area contributed by atoms with Gasteiger partial charge in [0.25, 0.3) is 0 Å². The molecule has 1 aromatic heterocycles. The van der Waals surface area contributed by atoms with Crippen molar-refractivity contribution in [1.29, 1.82) is 0 Å². The number of hydrogen-bond acceptors (Lipinski definition) is 1. The molecule has 0 saturated carbocycles. The molecule has 2 heteroatoms. The predicted molar refractivity (Wildman–Crippen MR) is 93.0 cm³/mol. The van der Waals surface area contributed by atoms with Crippen molar-refractivity contribution in [3.63, 3.8) is 0 Å². The number of aromatic nitrogens is 2. The molecule has 1 heterocycles. The molecule has 0 aromatic carbocycles. The number of nitrogens with zero attached hydrogens (tertiary/aromatic N) is 2. The normalized spacial score (nSPS) is 13.0. The Kier molecular flexibility index (Phi) is 8.72. The van der Waals surface area contributed by atoms with Crippen molar-refractivity contribution in [2.24, 2.45) is 0 Å². The van der Waals surface area contributed by atoms with E-state index in [9.17, 15) is 0 Å². The van der Waals surface area contributed by atoms with Crippen molar-refractivity contribution >= 4 is 0 Å². The summed E-state index contributed by atoms with van der Waals surface area (Å²) in [5.41, 5.74) is 1.27. The highest BCUT2D eigenvalue weighted by atomic mass is 15.1. The van der Waals surface area contributed by atoms with Gasteiger partial charge in [-0.3, -0.25) is 0 Å². The first-order valence-corrected chi connectivity index (χ1v) is 9.17. The molecule has 0 aliphatic carbocycles. The molecule has 1 unspecified atom stereocenters. The molecule has 2 nitrogen and oxygen atoms in total. The average molecular weight is 293 g/mol. The van der Waals surface area contributed by atoms with Gasteiger partial charge in [-0.25, -0.2) is 4.98 Å². The van der Waals surface area contributed by atoms with Crippen molar-refractivity contribution in [3.05, 3.63) is 17.7 Å². The second kappa shape index (κ2) is 10.0. The predicted octanol–water partition coefficient (Wildman–Crippen LogP) is 6.27. The largest absolute Gasteiger partial charge is 0.334 e. The molecule has 0 amide bonds. The van der Waals surface area contributed by atoms with Crippen LogP contribution in [0, 0.1) is 0 Å². The quantitative estimate of drug-likeness (QED) is 0.439. The van der Waals surface area contributed by atoms with E-state index >= 15 is 0 Å².